The zero-order chi connectivity index (χ0) is 24.5. The Labute approximate surface area is 200 Å². The number of rotatable bonds is 4. The van der Waals surface area contributed by atoms with Crippen molar-refractivity contribution in [2.75, 3.05) is 29.0 Å². The van der Waals surface area contributed by atoms with Gasteiger partial charge in [-0.3, -0.25) is 9.78 Å². The summed E-state index contributed by atoms with van der Waals surface area (Å²) in [6, 6.07) is 12.0. The number of fused-ring (bicyclic) bond motifs is 1. The molecule has 0 aliphatic carbocycles. The normalized spacial score (nSPS) is 15.9. The summed E-state index contributed by atoms with van der Waals surface area (Å²) in [5, 5.41) is 3.51. The first-order valence-electron chi connectivity index (χ1n) is 11.3. The van der Waals surface area contributed by atoms with Crippen molar-refractivity contribution >= 4 is 33.9 Å². The van der Waals surface area contributed by atoms with Gasteiger partial charge in [0.1, 0.15) is 11.6 Å². The van der Waals surface area contributed by atoms with E-state index in [1.54, 1.807) is 30.6 Å². The average molecular weight is 475 g/mol. The number of benzene rings is 2. The van der Waals surface area contributed by atoms with Crippen LogP contribution in [0.5, 0.6) is 0 Å². The molecular weight excluding hydrogens is 450 g/mol. The van der Waals surface area contributed by atoms with Crippen LogP contribution in [0.25, 0.3) is 22.0 Å². The van der Waals surface area contributed by atoms with Gasteiger partial charge < -0.3 is 21.7 Å². The van der Waals surface area contributed by atoms with E-state index in [0.29, 0.717) is 28.7 Å². The predicted molar refractivity (Wildman–Crippen MR) is 133 cm³/mol. The Balaban J connectivity index is 1.48. The van der Waals surface area contributed by atoms with Gasteiger partial charge >= 0.3 is 0 Å². The highest BCUT2D eigenvalue weighted by atomic mass is 19.1. The Morgan fingerprint density at radius 2 is 1.91 bits per heavy atom. The number of nitrogen functional groups attached to an aromatic ring is 1. The Hall–Kier alpha value is -4.11. The Bertz CT molecular complexity index is 1410. The molecule has 4 aromatic rings. The fraction of sp³-hybridized carbons (Fsp3) is 0.192. The number of carbonyl (C=O) groups excluding carboxylic acids is 1. The number of carbonyl (C=O) groups is 1. The molecule has 2 aromatic heterocycles. The van der Waals surface area contributed by atoms with Crippen LogP contribution in [-0.4, -0.2) is 35.0 Å². The van der Waals surface area contributed by atoms with Crippen molar-refractivity contribution < 1.29 is 13.6 Å². The molecule has 178 valence electrons. The molecule has 2 aromatic carbocycles. The van der Waals surface area contributed by atoms with Crippen molar-refractivity contribution in [3.8, 4) is 11.1 Å². The molecule has 1 saturated heterocycles. The molecule has 9 heteroatoms. The van der Waals surface area contributed by atoms with Gasteiger partial charge in [-0.25, -0.2) is 13.8 Å². The molecule has 5 N–H and O–H groups in total. The van der Waals surface area contributed by atoms with E-state index in [1.807, 2.05) is 6.07 Å². The van der Waals surface area contributed by atoms with Crippen molar-refractivity contribution in [2.45, 2.75) is 18.9 Å². The van der Waals surface area contributed by atoms with Gasteiger partial charge in [-0.1, -0.05) is 18.2 Å². The van der Waals surface area contributed by atoms with Gasteiger partial charge in [0, 0.05) is 30.7 Å². The van der Waals surface area contributed by atoms with Crippen molar-refractivity contribution in [3.63, 3.8) is 0 Å². The third kappa shape index (κ3) is 4.50. The van der Waals surface area contributed by atoms with Crippen molar-refractivity contribution in [3.05, 3.63) is 78.3 Å². The van der Waals surface area contributed by atoms with Crippen LogP contribution in [0, 0.1) is 11.6 Å². The van der Waals surface area contributed by atoms with Crippen molar-refractivity contribution in [2.24, 2.45) is 5.73 Å². The van der Waals surface area contributed by atoms with E-state index in [-0.39, 0.29) is 23.0 Å². The number of hydrogen-bond donors (Lipinski definition) is 3. The molecule has 1 aliphatic heterocycles. The Morgan fingerprint density at radius 1 is 1.11 bits per heavy atom. The molecule has 3 heterocycles. The molecule has 0 unspecified atom stereocenters. The number of piperidine rings is 1. The lowest BCUT2D eigenvalue weighted by molar-refractivity contribution is 0.102. The summed E-state index contributed by atoms with van der Waals surface area (Å²) < 4.78 is 28.6. The minimum absolute atomic E-state index is 0.00815. The Morgan fingerprint density at radius 3 is 2.69 bits per heavy atom. The predicted octanol–water partition coefficient (Wildman–Crippen LogP) is 4.34. The van der Waals surface area contributed by atoms with E-state index in [9.17, 15) is 13.6 Å². The van der Waals surface area contributed by atoms with Crippen LogP contribution < -0.4 is 21.7 Å². The van der Waals surface area contributed by atoms with Crippen molar-refractivity contribution in [1.29, 1.82) is 0 Å². The van der Waals surface area contributed by atoms with E-state index in [0.717, 1.165) is 25.1 Å². The highest BCUT2D eigenvalue weighted by Crippen LogP contribution is 2.31. The summed E-state index contributed by atoms with van der Waals surface area (Å²) in [4.78, 5) is 23.9. The van der Waals surface area contributed by atoms with E-state index >= 15 is 0 Å². The molecule has 5 rings (SSSR count). The van der Waals surface area contributed by atoms with Gasteiger partial charge in [-0.2, -0.15) is 0 Å². The van der Waals surface area contributed by atoms with Gasteiger partial charge in [0.15, 0.2) is 5.69 Å². The molecule has 1 fully saturated rings. The highest BCUT2D eigenvalue weighted by molar-refractivity contribution is 6.09. The number of nitrogens with one attached hydrogen (secondary N) is 1. The number of anilines is 3. The highest BCUT2D eigenvalue weighted by Gasteiger charge is 2.22. The fourth-order valence-electron chi connectivity index (χ4n) is 4.46. The minimum Gasteiger partial charge on any atom is -0.397 e. The molecule has 7 nitrogen and oxygen atoms in total. The van der Waals surface area contributed by atoms with Crippen LogP contribution >= 0.6 is 0 Å². The summed E-state index contributed by atoms with van der Waals surface area (Å²) in [6.45, 7) is 1.50. The molecule has 35 heavy (non-hydrogen) atoms. The lowest BCUT2D eigenvalue weighted by Gasteiger charge is -2.33. The van der Waals surface area contributed by atoms with E-state index in [4.69, 9.17) is 11.5 Å². The number of halogens is 2. The maximum atomic E-state index is 14.3. The molecule has 1 atom stereocenters. The first kappa shape index (κ1) is 22.7. The summed E-state index contributed by atoms with van der Waals surface area (Å²) in [5.41, 5.74) is 14.4. The maximum Gasteiger partial charge on any atom is 0.276 e. The van der Waals surface area contributed by atoms with Gasteiger partial charge in [0.25, 0.3) is 5.91 Å². The molecular formula is C26H24F2N6O. The lowest BCUT2D eigenvalue weighted by Crippen LogP contribution is -2.43. The van der Waals surface area contributed by atoms with Crippen LogP contribution in [0.1, 0.15) is 23.3 Å². The summed E-state index contributed by atoms with van der Waals surface area (Å²) in [6.07, 6.45) is 5.15. The fourth-order valence-corrected chi connectivity index (χ4v) is 4.46. The molecule has 0 bridgehead atoms. The van der Waals surface area contributed by atoms with Gasteiger partial charge in [-0.05, 0) is 48.7 Å². The van der Waals surface area contributed by atoms with Crippen LogP contribution in [0.15, 0.2) is 60.9 Å². The SMILES string of the molecule is Nc1cc2ccc(-c3c(F)cccc3F)cc2nc1C(=O)Nc1cnccc1N1CCC[C@H](N)C1. The largest absolute Gasteiger partial charge is 0.397 e. The standard InChI is InChI=1S/C26H24F2N6O/c27-18-4-1-5-19(28)24(18)16-7-6-15-11-20(30)25(32-21(15)12-16)26(35)33-22-13-31-9-8-23(22)34-10-2-3-17(29)14-34/h1,4-9,11-13,17H,2-3,10,14,29-30H2,(H,33,35)/t17-/m0/s1. The van der Waals surface area contributed by atoms with Gasteiger partial charge in [0.2, 0.25) is 0 Å². The molecule has 0 radical (unpaired) electrons. The lowest BCUT2D eigenvalue weighted by atomic mass is 10.0. The number of aromatic nitrogens is 2. The monoisotopic (exact) mass is 474 g/mol. The quantitative estimate of drug-likeness (QED) is 0.406. The molecule has 1 aliphatic rings. The van der Waals surface area contributed by atoms with Crippen LogP contribution in [0.2, 0.25) is 0 Å². The van der Waals surface area contributed by atoms with Crippen LogP contribution in [-0.2, 0) is 0 Å². The summed E-state index contributed by atoms with van der Waals surface area (Å²) >= 11 is 0. The molecule has 0 saturated carbocycles. The second kappa shape index (κ2) is 9.27. The second-order valence-electron chi connectivity index (χ2n) is 8.63. The first-order valence-corrected chi connectivity index (χ1v) is 11.3. The topological polar surface area (TPSA) is 110 Å². The number of nitrogens with zero attached hydrogens (tertiary/aromatic N) is 3. The van der Waals surface area contributed by atoms with E-state index in [2.05, 4.69) is 20.2 Å². The number of amides is 1. The first-order chi connectivity index (χ1) is 16.9. The number of pyridine rings is 2. The molecule has 1 amide bonds. The van der Waals surface area contributed by atoms with Gasteiger partial charge in [-0.15, -0.1) is 0 Å². The average Bonchev–Trinajstić information content (AvgIpc) is 2.84. The third-order valence-electron chi connectivity index (χ3n) is 6.16. The van der Waals surface area contributed by atoms with Crippen LogP contribution in [0.3, 0.4) is 0 Å². The maximum absolute atomic E-state index is 14.3. The smallest absolute Gasteiger partial charge is 0.276 e. The third-order valence-corrected chi connectivity index (χ3v) is 6.16. The number of hydrogen-bond acceptors (Lipinski definition) is 6. The van der Waals surface area contributed by atoms with E-state index < -0.39 is 17.5 Å². The van der Waals surface area contributed by atoms with Gasteiger partial charge in [0.05, 0.1) is 34.3 Å². The summed E-state index contributed by atoms with van der Waals surface area (Å²) in [5.74, 6) is -1.87. The second-order valence-corrected chi connectivity index (χ2v) is 8.63. The zero-order valence-electron chi connectivity index (χ0n) is 18.8. The summed E-state index contributed by atoms with van der Waals surface area (Å²) in [7, 11) is 0. The molecule has 0 spiro atoms. The minimum atomic E-state index is -0.681. The zero-order valence-corrected chi connectivity index (χ0v) is 18.8. The van der Waals surface area contributed by atoms with E-state index in [1.165, 1.54) is 24.3 Å². The van der Waals surface area contributed by atoms with Crippen LogP contribution in [0.4, 0.5) is 25.8 Å². The Kier molecular flexibility index (Phi) is 6.00. The van der Waals surface area contributed by atoms with Crippen molar-refractivity contribution in [1.82, 2.24) is 9.97 Å². The number of nitrogens with two attached hydrogens (primary N) is 2.